The number of carbonyl (C=O) groups is 3. The Morgan fingerprint density at radius 2 is 1.68 bits per heavy atom. The number of nitrogens with one attached hydrogen (secondary N) is 2. The van der Waals surface area contributed by atoms with Gasteiger partial charge in [-0.25, -0.2) is 4.79 Å². The van der Waals surface area contributed by atoms with Crippen LogP contribution in [0.3, 0.4) is 0 Å². The molecule has 2 unspecified atom stereocenters. The topological polar surface area (TPSA) is 114 Å². The standard InChI is InChI=1S/C23H24N2O6/c26-20(27)9-11-24-22(28)21-19(10-12-30-21)25-23(29)31-13-18-16-7-3-1-5-14(16)15-6-2-4-8-17(15)18/h1-8,18-19,21H,9-13H2,(H,24,28)(H,25,29)(H,26,27). The quantitative estimate of drug-likeness (QED) is 0.628. The first kappa shape index (κ1) is 20.9. The molecule has 2 aromatic carbocycles. The molecular weight excluding hydrogens is 400 g/mol. The van der Waals surface area contributed by atoms with E-state index in [1.165, 1.54) is 0 Å². The van der Waals surface area contributed by atoms with Crippen molar-refractivity contribution in [2.75, 3.05) is 19.8 Å². The molecule has 3 N–H and O–H groups in total. The van der Waals surface area contributed by atoms with Crippen molar-refractivity contribution in [2.24, 2.45) is 0 Å². The predicted molar refractivity (Wildman–Crippen MR) is 112 cm³/mol. The number of benzene rings is 2. The van der Waals surface area contributed by atoms with Gasteiger partial charge in [-0.2, -0.15) is 0 Å². The van der Waals surface area contributed by atoms with Gasteiger partial charge in [0.05, 0.1) is 12.5 Å². The average molecular weight is 424 g/mol. The smallest absolute Gasteiger partial charge is 0.407 e. The highest BCUT2D eigenvalue weighted by Gasteiger charge is 2.36. The fourth-order valence-corrected chi connectivity index (χ4v) is 4.18. The number of fused-ring (bicyclic) bond motifs is 3. The van der Waals surface area contributed by atoms with Crippen molar-refractivity contribution in [1.82, 2.24) is 10.6 Å². The van der Waals surface area contributed by atoms with Crippen LogP contribution in [0.25, 0.3) is 11.1 Å². The number of carboxylic acid groups (broad SMARTS) is 1. The lowest BCUT2D eigenvalue weighted by Gasteiger charge is -2.20. The number of alkyl carbamates (subject to hydrolysis) is 1. The van der Waals surface area contributed by atoms with Crippen LogP contribution in [-0.4, -0.2) is 55.0 Å². The fraction of sp³-hybridized carbons (Fsp3) is 0.348. The molecule has 0 radical (unpaired) electrons. The first-order valence-electron chi connectivity index (χ1n) is 10.3. The third-order valence-electron chi connectivity index (χ3n) is 5.64. The van der Waals surface area contributed by atoms with E-state index >= 15 is 0 Å². The highest BCUT2D eigenvalue weighted by atomic mass is 16.6. The van der Waals surface area contributed by atoms with E-state index in [9.17, 15) is 14.4 Å². The highest BCUT2D eigenvalue weighted by Crippen LogP contribution is 2.44. The van der Waals surface area contributed by atoms with Crippen molar-refractivity contribution in [3.05, 3.63) is 59.7 Å². The summed E-state index contributed by atoms with van der Waals surface area (Å²) >= 11 is 0. The number of carboxylic acids is 1. The summed E-state index contributed by atoms with van der Waals surface area (Å²) in [6.45, 7) is 0.514. The van der Waals surface area contributed by atoms with E-state index < -0.39 is 30.1 Å². The van der Waals surface area contributed by atoms with Crippen molar-refractivity contribution >= 4 is 18.0 Å². The number of hydrogen-bond acceptors (Lipinski definition) is 5. The van der Waals surface area contributed by atoms with Crippen LogP contribution in [0.15, 0.2) is 48.5 Å². The van der Waals surface area contributed by atoms with Crippen LogP contribution < -0.4 is 10.6 Å². The summed E-state index contributed by atoms with van der Waals surface area (Å²) in [4.78, 5) is 35.3. The lowest BCUT2D eigenvalue weighted by Crippen LogP contribution is -2.48. The molecule has 2 aliphatic rings. The van der Waals surface area contributed by atoms with Crippen molar-refractivity contribution in [3.63, 3.8) is 0 Å². The third-order valence-corrected chi connectivity index (χ3v) is 5.64. The van der Waals surface area contributed by atoms with Crippen LogP contribution >= 0.6 is 0 Å². The molecule has 2 aromatic rings. The summed E-state index contributed by atoms with van der Waals surface area (Å²) in [6, 6.07) is 15.6. The Labute approximate surface area is 179 Å². The third kappa shape index (κ3) is 4.54. The molecule has 8 nitrogen and oxygen atoms in total. The molecular formula is C23H24N2O6. The molecule has 31 heavy (non-hydrogen) atoms. The van der Waals surface area contributed by atoms with Gasteiger partial charge in [-0.1, -0.05) is 48.5 Å². The Morgan fingerprint density at radius 3 is 2.32 bits per heavy atom. The minimum absolute atomic E-state index is 0.00565. The molecule has 0 saturated carbocycles. The normalized spacial score (nSPS) is 19.4. The number of hydrogen-bond donors (Lipinski definition) is 3. The van der Waals surface area contributed by atoms with Gasteiger partial charge in [0, 0.05) is 19.1 Å². The molecule has 162 valence electrons. The van der Waals surface area contributed by atoms with Crippen LogP contribution in [0.1, 0.15) is 29.9 Å². The number of ether oxygens (including phenoxy) is 2. The van der Waals surface area contributed by atoms with Crippen molar-refractivity contribution < 1.29 is 29.0 Å². The van der Waals surface area contributed by atoms with Gasteiger partial charge in [0.15, 0.2) is 6.10 Å². The summed E-state index contributed by atoms with van der Waals surface area (Å²) in [5.41, 5.74) is 4.54. The van der Waals surface area contributed by atoms with Crippen molar-refractivity contribution in [3.8, 4) is 11.1 Å². The monoisotopic (exact) mass is 424 g/mol. The number of rotatable bonds is 7. The maximum atomic E-state index is 12.5. The molecule has 0 aromatic heterocycles. The molecule has 1 aliphatic heterocycles. The van der Waals surface area contributed by atoms with Gasteiger partial charge in [-0.05, 0) is 28.7 Å². The molecule has 8 heteroatoms. The first-order valence-corrected chi connectivity index (χ1v) is 10.3. The SMILES string of the molecule is O=C(O)CCNC(=O)C1OCCC1NC(=O)OCC1c2ccccc2-c2ccccc21. The first-order chi connectivity index (χ1) is 15.0. The van der Waals surface area contributed by atoms with Gasteiger partial charge < -0.3 is 25.2 Å². The van der Waals surface area contributed by atoms with Crippen LogP contribution in [-0.2, 0) is 19.1 Å². The molecule has 1 saturated heterocycles. The van der Waals surface area contributed by atoms with E-state index in [2.05, 4.69) is 22.8 Å². The summed E-state index contributed by atoms with van der Waals surface area (Å²) in [5, 5.41) is 13.9. The van der Waals surface area contributed by atoms with Gasteiger partial charge in [-0.3, -0.25) is 9.59 Å². The molecule has 4 rings (SSSR count). The lowest BCUT2D eigenvalue weighted by molar-refractivity contribution is -0.137. The molecule has 0 bridgehead atoms. The Morgan fingerprint density at radius 1 is 1.03 bits per heavy atom. The number of amides is 2. The van der Waals surface area contributed by atoms with Crippen LogP contribution in [0.5, 0.6) is 0 Å². The molecule has 1 fully saturated rings. The second-order valence-corrected chi connectivity index (χ2v) is 7.59. The van der Waals surface area contributed by atoms with E-state index in [1.54, 1.807) is 0 Å². The van der Waals surface area contributed by atoms with E-state index in [0.29, 0.717) is 13.0 Å². The summed E-state index contributed by atoms with van der Waals surface area (Å²) in [6.07, 6.45) is -1.18. The van der Waals surface area contributed by atoms with E-state index in [1.807, 2.05) is 36.4 Å². The Hall–Kier alpha value is -3.39. The highest BCUT2D eigenvalue weighted by molar-refractivity contribution is 5.83. The molecule has 2 atom stereocenters. The number of aliphatic carboxylic acids is 1. The predicted octanol–water partition coefficient (Wildman–Crippen LogP) is 2.27. The Balaban J connectivity index is 1.34. The van der Waals surface area contributed by atoms with Gasteiger partial charge in [0.1, 0.15) is 6.61 Å². The summed E-state index contributed by atoms with van der Waals surface area (Å²) in [5.74, 6) is -1.49. The molecule has 2 amide bonds. The average Bonchev–Trinajstić information content (AvgIpc) is 3.34. The maximum Gasteiger partial charge on any atom is 0.407 e. The largest absolute Gasteiger partial charge is 0.481 e. The van der Waals surface area contributed by atoms with Crippen LogP contribution in [0, 0.1) is 0 Å². The zero-order valence-electron chi connectivity index (χ0n) is 16.9. The van der Waals surface area contributed by atoms with E-state index in [4.69, 9.17) is 14.6 Å². The maximum absolute atomic E-state index is 12.5. The van der Waals surface area contributed by atoms with Crippen molar-refractivity contribution in [1.29, 1.82) is 0 Å². The summed E-state index contributed by atoms with van der Waals surface area (Å²) in [7, 11) is 0. The van der Waals surface area contributed by atoms with Crippen LogP contribution in [0.4, 0.5) is 4.79 Å². The zero-order chi connectivity index (χ0) is 21.8. The Bertz CT molecular complexity index is 946. The minimum Gasteiger partial charge on any atom is -0.481 e. The molecule has 1 aliphatic carbocycles. The Kier molecular flexibility index (Phi) is 6.18. The minimum atomic E-state index is -0.999. The second kappa shape index (κ2) is 9.18. The van der Waals surface area contributed by atoms with E-state index in [0.717, 1.165) is 22.3 Å². The lowest BCUT2D eigenvalue weighted by atomic mass is 9.98. The van der Waals surface area contributed by atoms with Gasteiger partial charge in [0.25, 0.3) is 5.91 Å². The van der Waals surface area contributed by atoms with Crippen LogP contribution in [0.2, 0.25) is 0 Å². The number of carbonyl (C=O) groups excluding carboxylic acids is 2. The van der Waals surface area contributed by atoms with Crippen molar-refractivity contribution in [2.45, 2.75) is 30.9 Å². The van der Waals surface area contributed by atoms with Gasteiger partial charge in [-0.15, -0.1) is 0 Å². The second-order valence-electron chi connectivity index (χ2n) is 7.59. The van der Waals surface area contributed by atoms with Gasteiger partial charge >= 0.3 is 12.1 Å². The molecule has 0 spiro atoms. The zero-order valence-corrected chi connectivity index (χ0v) is 16.9. The summed E-state index contributed by atoms with van der Waals surface area (Å²) < 4.78 is 11.0. The fourth-order valence-electron chi connectivity index (χ4n) is 4.18. The molecule has 1 heterocycles. The van der Waals surface area contributed by atoms with E-state index in [-0.39, 0.29) is 25.5 Å². The van der Waals surface area contributed by atoms with Gasteiger partial charge in [0.2, 0.25) is 0 Å².